The van der Waals surface area contributed by atoms with E-state index in [-0.39, 0.29) is 11.3 Å². The summed E-state index contributed by atoms with van der Waals surface area (Å²) < 4.78 is 5.66. The first-order valence-corrected chi connectivity index (χ1v) is 12.1. The number of H-pyrrole nitrogens is 1. The van der Waals surface area contributed by atoms with Gasteiger partial charge in [-0.2, -0.15) is 10.5 Å². The van der Waals surface area contributed by atoms with Gasteiger partial charge in [0.15, 0.2) is 11.7 Å². The molecule has 1 saturated heterocycles. The molecule has 4 rings (SSSR count). The molecular weight excluding hydrogens is 456 g/mol. The second-order valence-electron chi connectivity index (χ2n) is 10.2. The second-order valence-corrected chi connectivity index (χ2v) is 10.2. The van der Waals surface area contributed by atoms with Gasteiger partial charge in [0.05, 0.1) is 11.5 Å². The number of aromatic nitrogens is 4. The molecule has 2 aromatic rings. The molecule has 0 unspecified atom stereocenters. The lowest BCUT2D eigenvalue weighted by Gasteiger charge is -2.36. The van der Waals surface area contributed by atoms with Crippen LogP contribution in [0.4, 0.5) is 5.69 Å². The number of nitrogens with zero attached hydrogens (tertiary/aromatic N) is 5. The Morgan fingerprint density at radius 3 is 2.72 bits per heavy atom. The zero-order valence-corrected chi connectivity index (χ0v) is 21.0. The summed E-state index contributed by atoms with van der Waals surface area (Å²) in [6.07, 6.45) is 7.89. The number of benzene rings is 1. The Bertz CT molecular complexity index is 1250. The topological polar surface area (TPSA) is 155 Å². The fourth-order valence-electron chi connectivity index (χ4n) is 4.70. The van der Waals surface area contributed by atoms with Crippen molar-refractivity contribution < 1.29 is 9.53 Å². The van der Waals surface area contributed by atoms with E-state index in [0.717, 1.165) is 43.2 Å². The molecule has 1 aliphatic heterocycles. The highest BCUT2D eigenvalue weighted by atomic mass is 16.5. The van der Waals surface area contributed by atoms with Crippen molar-refractivity contribution in [3.8, 4) is 6.07 Å². The number of carbonyl (C=O) groups excluding carboxylic acids is 1. The number of nitriles is 1. The third kappa shape index (κ3) is 5.36. The first-order valence-electron chi connectivity index (χ1n) is 12.1. The molecule has 1 amide bonds. The Morgan fingerprint density at radius 1 is 1.31 bits per heavy atom. The minimum absolute atomic E-state index is 0.217. The van der Waals surface area contributed by atoms with Gasteiger partial charge in [0.25, 0.3) is 5.91 Å². The summed E-state index contributed by atoms with van der Waals surface area (Å²) in [5.74, 6) is -0.101. The normalized spacial score (nSPS) is 19.8. The molecule has 36 heavy (non-hydrogen) atoms. The SMILES string of the molecule is C/C(C#N)=C\N=C(N)C(=O)Nc1ccc(C2(c3nn[nH]n3)CCOCC2)cc1C1=CCC(C)(C)CC1. The van der Waals surface area contributed by atoms with E-state index in [1.54, 1.807) is 6.92 Å². The molecule has 1 aromatic heterocycles. The quantitative estimate of drug-likeness (QED) is 0.330. The van der Waals surface area contributed by atoms with Crippen molar-refractivity contribution in [2.24, 2.45) is 16.1 Å². The summed E-state index contributed by atoms with van der Waals surface area (Å²) in [5.41, 5.74) is 9.89. The summed E-state index contributed by atoms with van der Waals surface area (Å²) in [7, 11) is 0. The van der Waals surface area contributed by atoms with Gasteiger partial charge in [-0.1, -0.05) is 31.2 Å². The molecule has 1 aliphatic carbocycles. The number of carbonyl (C=O) groups is 1. The van der Waals surface area contributed by atoms with Crippen LogP contribution in [0.15, 0.2) is 41.0 Å². The highest BCUT2D eigenvalue weighted by Crippen LogP contribution is 2.44. The standard InChI is InChI=1S/C26H32N8O2/c1-17(15-27)16-29-22(28)23(35)30-21-5-4-19(14-20(21)18-6-8-25(2,3)9-7-18)26(10-12-36-13-11-26)24-31-33-34-32-24/h4-6,14,16H,7-13H2,1-3H3,(H2,28,29)(H,30,35)(H,31,32,33,34)/b17-16+. The number of ether oxygens (including phenoxy) is 1. The minimum atomic E-state index is -0.526. The number of aliphatic imine (C=N–C) groups is 1. The Balaban J connectivity index is 1.75. The number of amidine groups is 1. The fraction of sp³-hybridized carbons (Fsp3) is 0.462. The van der Waals surface area contributed by atoms with E-state index in [0.29, 0.717) is 30.3 Å². The average molecular weight is 489 g/mol. The van der Waals surface area contributed by atoms with Gasteiger partial charge in [-0.15, -0.1) is 10.2 Å². The van der Waals surface area contributed by atoms with Crippen LogP contribution in [-0.4, -0.2) is 45.6 Å². The molecule has 4 N–H and O–H groups in total. The molecule has 0 radical (unpaired) electrons. The molecular formula is C26H32N8O2. The van der Waals surface area contributed by atoms with E-state index in [1.165, 1.54) is 11.8 Å². The van der Waals surface area contributed by atoms with Crippen LogP contribution < -0.4 is 11.1 Å². The average Bonchev–Trinajstić information content (AvgIpc) is 3.43. The number of nitrogens with one attached hydrogen (secondary N) is 2. The van der Waals surface area contributed by atoms with Crippen LogP contribution >= 0.6 is 0 Å². The van der Waals surface area contributed by atoms with Crippen LogP contribution in [0.5, 0.6) is 0 Å². The van der Waals surface area contributed by atoms with E-state index < -0.39 is 11.3 Å². The largest absolute Gasteiger partial charge is 0.381 e. The fourth-order valence-corrected chi connectivity index (χ4v) is 4.70. The van der Waals surface area contributed by atoms with Crippen LogP contribution in [0.25, 0.3) is 5.57 Å². The molecule has 2 aliphatic rings. The van der Waals surface area contributed by atoms with Gasteiger partial charge >= 0.3 is 0 Å². The van der Waals surface area contributed by atoms with Gasteiger partial charge in [0, 0.05) is 36.2 Å². The number of aromatic amines is 1. The number of amides is 1. The summed E-state index contributed by atoms with van der Waals surface area (Å²) in [4.78, 5) is 16.8. The molecule has 0 atom stereocenters. The smallest absolute Gasteiger partial charge is 0.290 e. The Kier molecular flexibility index (Phi) is 7.31. The van der Waals surface area contributed by atoms with E-state index in [9.17, 15) is 4.79 Å². The molecule has 0 spiro atoms. The van der Waals surface area contributed by atoms with E-state index >= 15 is 0 Å². The van der Waals surface area contributed by atoms with Gasteiger partial charge in [-0.05, 0) is 67.7 Å². The second kappa shape index (κ2) is 10.4. The molecule has 0 saturated carbocycles. The van der Waals surface area contributed by atoms with Crippen LogP contribution in [0.3, 0.4) is 0 Å². The van der Waals surface area contributed by atoms with Crippen molar-refractivity contribution in [1.82, 2.24) is 20.6 Å². The number of tetrazole rings is 1. The maximum absolute atomic E-state index is 12.8. The Hall–Kier alpha value is -3.84. The third-order valence-electron chi connectivity index (χ3n) is 7.06. The van der Waals surface area contributed by atoms with E-state index in [1.807, 2.05) is 18.2 Å². The van der Waals surface area contributed by atoms with Gasteiger partial charge in [0.2, 0.25) is 0 Å². The number of hydrogen-bond donors (Lipinski definition) is 3. The van der Waals surface area contributed by atoms with Gasteiger partial charge in [-0.25, -0.2) is 4.99 Å². The van der Waals surface area contributed by atoms with E-state index in [4.69, 9.17) is 15.7 Å². The third-order valence-corrected chi connectivity index (χ3v) is 7.06. The summed E-state index contributed by atoms with van der Waals surface area (Å²) in [6.45, 7) is 7.32. The van der Waals surface area contributed by atoms with Crippen molar-refractivity contribution in [1.29, 1.82) is 5.26 Å². The predicted octanol–water partition coefficient (Wildman–Crippen LogP) is 3.61. The predicted molar refractivity (Wildman–Crippen MR) is 137 cm³/mol. The zero-order valence-electron chi connectivity index (χ0n) is 21.0. The van der Waals surface area contributed by atoms with Crippen molar-refractivity contribution in [2.45, 2.75) is 58.3 Å². The van der Waals surface area contributed by atoms with Crippen LogP contribution in [0.1, 0.15) is 69.8 Å². The molecule has 1 aromatic carbocycles. The minimum Gasteiger partial charge on any atom is -0.381 e. The van der Waals surface area contributed by atoms with Gasteiger partial charge < -0.3 is 15.8 Å². The molecule has 188 valence electrons. The van der Waals surface area contributed by atoms with Crippen molar-refractivity contribution >= 4 is 23.0 Å². The lowest BCUT2D eigenvalue weighted by molar-refractivity contribution is -0.110. The lowest BCUT2D eigenvalue weighted by Crippen LogP contribution is -2.36. The highest BCUT2D eigenvalue weighted by Gasteiger charge is 2.40. The molecule has 2 heterocycles. The highest BCUT2D eigenvalue weighted by molar-refractivity contribution is 6.41. The summed E-state index contributed by atoms with van der Waals surface area (Å²) in [6, 6.07) is 8.00. The monoisotopic (exact) mass is 488 g/mol. The van der Waals surface area contributed by atoms with Crippen molar-refractivity contribution in [3.63, 3.8) is 0 Å². The Labute approximate surface area is 210 Å². The lowest BCUT2D eigenvalue weighted by atomic mass is 9.72. The van der Waals surface area contributed by atoms with Crippen LogP contribution in [-0.2, 0) is 14.9 Å². The first-order chi connectivity index (χ1) is 17.2. The van der Waals surface area contributed by atoms with Crippen molar-refractivity contribution in [2.75, 3.05) is 18.5 Å². The van der Waals surface area contributed by atoms with Crippen molar-refractivity contribution in [3.05, 3.63) is 53.0 Å². The van der Waals surface area contributed by atoms with Crippen LogP contribution in [0.2, 0.25) is 0 Å². The maximum atomic E-state index is 12.8. The van der Waals surface area contributed by atoms with Crippen LogP contribution in [0, 0.1) is 16.7 Å². The van der Waals surface area contributed by atoms with Gasteiger partial charge in [-0.3, -0.25) is 4.79 Å². The first kappa shape index (κ1) is 25.3. The number of rotatable bonds is 5. The summed E-state index contributed by atoms with van der Waals surface area (Å²) in [5, 5.41) is 26.9. The zero-order chi connectivity index (χ0) is 25.8. The van der Waals surface area contributed by atoms with Gasteiger partial charge in [0.1, 0.15) is 0 Å². The number of hydrogen-bond acceptors (Lipinski definition) is 7. The molecule has 10 heteroatoms. The maximum Gasteiger partial charge on any atom is 0.290 e. The molecule has 10 nitrogen and oxygen atoms in total. The molecule has 0 bridgehead atoms. The molecule has 1 fully saturated rings. The number of nitrogens with two attached hydrogens (primary N) is 1. The number of anilines is 1. The Morgan fingerprint density at radius 2 is 2.08 bits per heavy atom. The summed E-state index contributed by atoms with van der Waals surface area (Å²) >= 11 is 0. The number of allylic oxidation sites excluding steroid dienone is 3. The van der Waals surface area contributed by atoms with E-state index in [2.05, 4.69) is 56.9 Å².